The summed E-state index contributed by atoms with van der Waals surface area (Å²) in [5.74, 6) is 0.130. The molecular weight excluding hydrogens is 398 g/mol. The van der Waals surface area contributed by atoms with Gasteiger partial charge in [0.15, 0.2) is 0 Å². The summed E-state index contributed by atoms with van der Waals surface area (Å²) in [6.07, 6.45) is 2.89. The Morgan fingerprint density at radius 2 is 1.84 bits per heavy atom. The molecule has 32 heavy (non-hydrogen) atoms. The Morgan fingerprint density at radius 1 is 1.16 bits per heavy atom. The minimum Gasteiger partial charge on any atom is -0.364 e. The number of urea groups is 1. The molecule has 2 heterocycles. The first-order chi connectivity index (χ1) is 15.1. The average molecular weight is 432 g/mol. The molecule has 3 amide bonds. The molecule has 0 unspecified atom stereocenters. The van der Waals surface area contributed by atoms with Gasteiger partial charge < -0.3 is 10.2 Å². The number of benzene rings is 2. The zero-order chi connectivity index (χ0) is 23.2. The predicted octanol–water partition coefficient (Wildman–Crippen LogP) is 5.59. The summed E-state index contributed by atoms with van der Waals surface area (Å²) in [4.78, 5) is 29.3. The van der Waals surface area contributed by atoms with Gasteiger partial charge in [0.05, 0.1) is 6.54 Å². The first-order valence-electron chi connectivity index (χ1n) is 11.4. The van der Waals surface area contributed by atoms with Crippen molar-refractivity contribution < 1.29 is 9.59 Å². The maximum absolute atomic E-state index is 13.0. The van der Waals surface area contributed by atoms with Crippen LogP contribution in [0.15, 0.2) is 48.2 Å². The number of nitrogens with zero attached hydrogens (tertiary/aromatic N) is 2. The second-order valence-electron chi connectivity index (χ2n) is 10.0. The van der Waals surface area contributed by atoms with Crippen LogP contribution >= 0.6 is 0 Å². The lowest BCUT2D eigenvalue weighted by molar-refractivity contribution is -0.123. The summed E-state index contributed by atoms with van der Waals surface area (Å²) in [5.41, 5.74) is 5.98. The van der Waals surface area contributed by atoms with Crippen molar-refractivity contribution in [2.45, 2.75) is 72.0 Å². The summed E-state index contributed by atoms with van der Waals surface area (Å²) >= 11 is 0. The number of anilines is 1. The number of carbonyl (C=O) groups excluding carboxylic acids is 2. The highest BCUT2D eigenvalue weighted by Crippen LogP contribution is 2.45. The fraction of sp³-hybridized carbons (Fsp3) is 0.407. The van der Waals surface area contributed by atoms with Crippen molar-refractivity contribution in [2.75, 3.05) is 4.90 Å². The van der Waals surface area contributed by atoms with Crippen molar-refractivity contribution in [3.8, 4) is 0 Å². The number of hydrogen-bond acceptors (Lipinski definition) is 3. The van der Waals surface area contributed by atoms with E-state index in [9.17, 15) is 9.59 Å². The lowest BCUT2D eigenvalue weighted by Gasteiger charge is -2.50. The molecule has 1 fully saturated rings. The van der Waals surface area contributed by atoms with E-state index in [1.165, 1.54) is 16.2 Å². The van der Waals surface area contributed by atoms with Gasteiger partial charge in [-0.05, 0) is 87.4 Å². The number of rotatable bonds is 4. The molecule has 0 aliphatic carbocycles. The second-order valence-corrected chi connectivity index (χ2v) is 10.0. The van der Waals surface area contributed by atoms with Crippen molar-refractivity contribution in [1.82, 2.24) is 10.2 Å². The zero-order valence-corrected chi connectivity index (χ0v) is 19.9. The summed E-state index contributed by atoms with van der Waals surface area (Å²) in [5, 5.41) is 2.77. The van der Waals surface area contributed by atoms with E-state index in [2.05, 4.69) is 63.9 Å². The molecule has 5 heteroatoms. The maximum Gasteiger partial charge on any atom is 0.329 e. The Labute approximate surface area is 191 Å². The molecule has 0 saturated carbocycles. The van der Waals surface area contributed by atoms with Crippen LogP contribution in [-0.2, 0) is 11.3 Å². The Balaban J connectivity index is 1.67. The van der Waals surface area contributed by atoms with Crippen LogP contribution in [0.5, 0.6) is 0 Å². The molecule has 1 N–H and O–H groups in total. The smallest absolute Gasteiger partial charge is 0.329 e. The van der Waals surface area contributed by atoms with Crippen LogP contribution in [0.25, 0.3) is 6.08 Å². The number of amides is 3. The van der Waals surface area contributed by atoms with E-state index < -0.39 is 0 Å². The van der Waals surface area contributed by atoms with Gasteiger partial charge in [-0.15, -0.1) is 0 Å². The zero-order valence-electron chi connectivity index (χ0n) is 19.9. The second kappa shape index (κ2) is 8.12. The lowest BCUT2D eigenvalue weighted by Crippen LogP contribution is -2.51. The van der Waals surface area contributed by atoms with E-state index in [4.69, 9.17) is 0 Å². The highest BCUT2D eigenvalue weighted by Gasteiger charge is 2.38. The van der Waals surface area contributed by atoms with Gasteiger partial charge in [0, 0.05) is 17.3 Å². The third-order valence-corrected chi connectivity index (χ3v) is 6.63. The Kier molecular flexibility index (Phi) is 5.61. The van der Waals surface area contributed by atoms with Crippen LogP contribution in [0.4, 0.5) is 10.5 Å². The molecule has 1 saturated heterocycles. The molecule has 0 spiro atoms. The summed E-state index contributed by atoms with van der Waals surface area (Å²) in [6, 6.07) is 14.0. The van der Waals surface area contributed by atoms with Crippen molar-refractivity contribution in [1.29, 1.82) is 0 Å². The molecule has 5 nitrogen and oxygen atoms in total. The van der Waals surface area contributed by atoms with E-state index in [-0.39, 0.29) is 24.0 Å². The molecule has 0 aromatic heterocycles. The van der Waals surface area contributed by atoms with Crippen molar-refractivity contribution >= 4 is 23.7 Å². The number of nitrogens with one attached hydrogen (secondary N) is 1. The van der Waals surface area contributed by atoms with Crippen molar-refractivity contribution in [3.05, 3.63) is 70.4 Å². The molecule has 2 aromatic carbocycles. The number of carbonyl (C=O) groups is 2. The van der Waals surface area contributed by atoms with Crippen molar-refractivity contribution in [2.24, 2.45) is 0 Å². The SMILES string of the molecule is Cc1cc2c(cc1/C=C1\NC(=O)N(Cc3ccccc3)C1=O)[C@H](C)CC(C)(C)N2C(C)C. The molecule has 2 aromatic rings. The van der Waals surface area contributed by atoms with Crippen LogP contribution in [0.3, 0.4) is 0 Å². The summed E-state index contributed by atoms with van der Waals surface area (Å²) < 4.78 is 0. The predicted molar refractivity (Wildman–Crippen MR) is 129 cm³/mol. The minimum absolute atomic E-state index is 0.0837. The standard InChI is InChI=1S/C27H33N3O2/c1-17(2)30-24-12-18(3)21(13-22(24)19(4)15-27(30,5)6)14-23-25(31)29(26(32)28-23)16-20-10-8-7-9-11-20/h7-14,17,19H,15-16H2,1-6H3,(H,28,32)/b23-14-/t19-/m1/s1. The van der Waals surface area contributed by atoms with Crippen molar-refractivity contribution in [3.63, 3.8) is 0 Å². The third-order valence-electron chi connectivity index (χ3n) is 6.63. The van der Waals surface area contributed by atoms with Crippen LogP contribution in [-0.4, -0.2) is 28.4 Å². The normalized spacial score (nSPS) is 21.3. The fourth-order valence-corrected chi connectivity index (χ4v) is 5.38. The van der Waals surface area contributed by atoms with Gasteiger partial charge >= 0.3 is 6.03 Å². The minimum atomic E-state index is -0.373. The number of fused-ring (bicyclic) bond motifs is 1. The Bertz CT molecular complexity index is 1090. The van der Waals surface area contributed by atoms with Gasteiger partial charge in [0.25, 0.3) is 5.91 Å². The third kappa shape index (κ3) is 3.92. The van der Waals surface area contributed by atoms with Crippen LogP contribution in [0, 0.1) is 6.92 Å². The maximum atomic E-state index is 13.0. The first kappa shape index (κ1) is 22.1. The van der Waals surface area contributed by atoms with Gasteiger partial charge in [-0.25, -0.2) is 4.79 Å². The fourth-order valence-electron chi connectivity index (χ4n) is 5.38. The Hall–Kier alpha value is -3.08. The molecule has 168 valence electrons. The largest absolute Gasteiger partial charge is 0.364 e. The van der Waals surface area contributed by atoms with Crippen LogP contribution in [0.2, 0.25) is 0 Å². The average Bonchev–Trinajstić information content (AvgIpc) is 2.96. The van der Waals surface area contributed by atoms with E-state index in [0.29, 0.717) is 17.7 Å². The first-order valence-corrected chi connectivity index (χ1v) is 11.4. The molecular formula is C27H33N3O2. The molecule has 0 radical (unpaired) electrons. The molecule has 1 atom stereocenters. The summed E-state index contributed by atoms with van der Waals surface area (Å²) in [6.45, 7) is 13.7. The number of hydrogen-bond donors (Lipinski definition) is 1. The molecule has 2 aliphatic rings. The monoisotopic (exact) mass is 431 g/mol. The van der Waals surface area contributed by atoms with Gasteiger partial charge in [0.2, 0.25) is 0 Å². The molecule has 0 bridgehead atoms. The topological polar surface area (TPSA) is 52.7 Å². The number of aryl methyl sites for hydroxylation is 1. The highest BCUT2D eigenvalue weighted by molar-refractivity contribution is 6.14. The molecule has 4 rings (SSSR count). The van der Waals surface area contributed by atoms with Gasteiger partial charge in [-0.3, -0.25) is 9.69 Å². The van der Waals surface area contributed by atoms with Crippen LogP contribution in [0.1, 0.15) is 69.2 Å². The number of imide groups is 1. The van der Waals surface area contributed by atoms with E-state index in [1.807, 2.05) is 36.4 Å². The summed E-state index contributed by atoms with van der Waals surface area (Å²) in [7, 11) is 0. The molecule has 2 aliphatic heterocycles. The van der Waals surface area contributed by atoms with Gasteiger partial charge in [-0.2, -0.15) is 0 Å². The van der Waals surface area contributed by atoms with E-state index in [0.717, 1.165) is 23.1 Å². The highest BCUT2D eigenvalue weighted by atomic mass is 16.2. The van der Waals surface area contributed by atoms with Gasteiger partial charge in [-0.1, -0.05) is 37.3 Å². The van der Waals surface area contributed by atoms with E-state index >= 15 is 0 Å². The van der Waals surface area contributed by atoms with Crippen LogP contribution < -0.4 is 10.2 Å². The van der Waals surface area contributed by atoms with E-state index in [1.54, 1.807) is 0 Å². The van der Waals surface area contributed by atoms with Gasteiger partial charge in [0.1, 0.15) is 5.70 Å². The lowest BCUT2D eigenvalue weighted by atomic mass is 9.78. The quantitative estimate of drug-likeness (QED) is 0.507. The Morgan fingerprint density at radius 3 is 2.50 bits per heavy atom.